The van der Waals surface area contributed by atoms with E-state index in [0.29, 0.717) is 11.8 Å². The summed E-state index contributed by atoms with van der Waals surface area (Å²) in [5, 5.41) is 9.28. The van der Waals surface area contributed by atoms with Crippen molar-refractivity contribution in [3.63, 3.8) is 0 Å². The molecule has 0 fully saturated rings. The highest BCUT2D eigenvalue weighted by atomic mass is 16.3. The van der Waals surface area contributed by atoms with Gasteiger partial charge in [0, 0.05) is 25.5 Å². The molecule has 1 aromatic carbocycles. The number of hydrogen-bond acceptors (Lipinski definition) is 3. The molecule has 0 radical (unpaired) electrons. The van der Waals surface area contributed by atoms with Crippen molar-refractivity contribution in [3.8, 4) is 5.75 Å². The van der Waals surface area contributed by atoms with Gasteiger partial charge in [-0.1, -0.05) is 12.1 Å². The second-order valence-electron chi connectivity index (χ2n) is 5.09. The fraction of sp³-hybridized carbons (Fsp3) is 0.400. The molecule has 2 rings (SSSR count). The number of likely N-dealkylation sites (N-methyl/N-ethyl adjacent to an activating group) is 1. The van der Waals surface area contributed by atoms with Crippen LogP contribution in [0.5, 0.6) is 5.75 Å². The van der Waals surface area contributed by atoms with Crippen molar-refractivity contribution in [2.24, 2.45) is 7.05 Å². The van der Waals surface area contributed by atoms with Gasteiger partial charge in [0.05, 0.1) is 6.54 Å². The molecule has 1 N–H and O–H groups in total. The van der Waals surface area contributed by atoms with E-state index in [2.05, 4.69) is 23.9 Å². The summed E-state index contributed by atoms with van der Waals surface area (Å²) < 4.78 is 2.05. The quantitative estimate of drug-likeness (QED) is 0.895. The van der Waals surface area contributed by atoms with Crippen molar-refractivity contribution in [3.05, 3.63) is 48.0 Å². The minimum Gasteiger partial charge on any atom is -0.508 e. The molecule has 0 bridgehead atoms. The van der Waals surface area contributed by atoms with Crippen LogP contribution in [0.1, 0.15) is 18.3 Å². The average Bonchev–Trinajstić information content (AvgIpc) is 2.78. The predicted molar refractivity (Wildman–Crippen MR) is 75.9 cm³/mol. The summed E-state index contributed by atoms with van der Waals surface area (Å²) in [5.41, 5.74) is 1.23. The number of aromatic hydroxyl groups is 1. The number of phenolic OH excluding ortho intramolecular Hbond substituents is 1. The van der Waals surface area contributed by atoms with Crippen LogP contribution in [-0.2, 0) is 20.0 Å². The average molecular weight is 259 g/mol. The van der Waals surface area contributed by atoms with Crippen molar-refractivity contribution < 1.29 is 5.11 Å². The van der Waals surface area contributed by atoms with E-state index in [9.17, 15) is 5.11 Å². The Morgan fingerprint density at radius 3 is 2.58 bits per heavy atom. The Balaban J connectivity index is 1.94. The fourth-order valence-electron chi connectivity index (χ4n) is 2.06. The highest BCUT2D eigenvalue weighted by molar-refractivity contribution is 5.26. The summed E-state index contributed by atoms with van der Waals surface area (Å²) in [7, 11) is 4.13. The lowest BCUT2D eigenvalue weighted by atomic mass is 10.1. The third-order valence-electron chi connectivity index (χ3n) is 3.53. The number of nitrogens with zero attached hydrogens (tertiary/aromatic N) is 3. The molecule has 19 heavy (non-hydrogen) atoms. The molecule has 1 aromatic heterocycles. The molecule has 0 saturated heterocycles. The van der Waals surface area contributed by atoms with Crippen molar-refractivity contribution in [2.75, 3.05) is 7.05 Å². The maximum Gasteiger partial charge on any atom is 0.122 e. The highest BCUT2D eigenvalue weighted by Crippen LogP contribution is 2.14. The van der Waals surface area contributed by atoms with Crippen LogP contribution in [0.25, 0.3) is 0 Å². The number of hydrogen-bond donors (Lipinski definition) is 1. The largest absolute Gasteiger partial charge is 0.508 e. The lowest BCUT2D eigenvalue weighted by molar-refractivity contribution is 0.240. The SMILES string of the molecule is CC(Cc1ccc(O)cc1)N(C)Cc1nccn1C. The topological polar surface area (TPSA) is 41.3 Å². The first-order valence-electron chi connectivity index (χ1n) is 6.50. The Hall–Kier alpha value is -1.81. The fourth-order valence-corrected chi connectivity index (χ4v) is 2.06. The Morgan fingerprint density at radius 1 is 1.32 bits per heavy atom. The summed E-state index contributed by atoms with van der Waals surface area (Å²) in [5.74, 6) is 1.39. The van der Waals surface area contributed by atoms with Crippen LogP contribution in [-0.4, -0.2) is 32.6 Å². The van der Waals surface area contributed by atoms with Crippen LogP contribution in [0.3, 0.4) is 0 Å². The molecule has 102 valence electrons. The van der Waals surface area contributed by atoms with E-state index in [4.69, 9.17) is 0 Å². The van der Waals surface area contributed by atoms with E-state index in [0.717, 1.165) is 18.8 Å². The molecule has 4 nitrogen and oxygen atoms in total. The Morgan fingerprint density at radius 2 is 2.00 bits per heavy atom. The predicted octanol–water partition coefficient (Wildman–Crippen LogP) is 2.19. The van der Waals surface area contributed by atoms with Crippen LogP contribution in [0.2, 0.25) is 0 Å². The second kappa shape index (κ2) is 5.89. The van der Waals surface area contributed by atoms with Gasteiger partial charge in [-0.2, -0.15) is 0 Å². The summed E-state index contributed by atoms with van der Waals surface area (Å²) >= 11 is 0. The molecule has 0 aliphatic rings. The van der Waals surface area contributed by atoms with Gasteiger partial charge in [-0.3, -0.25) is 4.90 Å². The number of phenols is 1. The smallest absolute Gasteiger partial charge is 0.122 e. The molecule has 4 heteroatoms. The molecule has 0 saturated carbocycles. The molecule has 0 spiro atoms. The molecule has 1 atom stereocenters. The maximum absolute atomic E-state index is 9.28. The molecule has 0 aliphatic heterocycles. The van der Waals surface area contributed by atoms with Gasteiger partial charge < -0.3 is 9.67 Å². The molecular formula is C15H21N3O. The third-order valence-corrected chi connectivity index (χ3v) is 3.53. The summed E-state index contributed by atoms with van der Waals surface area (Å²) in [6.07, 6.45) is 4.75. The minimum absolute atomic E-state index is 0.317. The van der Waals surface area contributed by atoms with Gasteiger partial charge in [-0.15, -0.1) is 0 Å². The van der Waals surface area contributed by atoms with Gasteiger partial charge in [0.2, 0.25) is 0 Å². The third kappa shape index (κ3) is 3.58. The van der Waals surface area contributed by atoms with Gasteiger partial charge in [0.25, 0.3) is 0 Å². The van der Waals surface area contributed by atoms with Crippen LogP contribution in [0.4, 0.5) is 0 Å². The minimum atomic E-state index is 0.317. The molecule has 0 amide bonds. The van der Waals surface area contributed by atoms with Gasteiger partial charge in [-0.05, 0) is 38.1 Å². The lowest BCUT2D eigenvalue weighted by Gasteiger charge is -2.24. The van der Waals surface area contributed by atoms with Gasteiger partial charge in [-0.25, -0.2) is 4.98 Å². The monoisotopic (exact) mass is 259 g/mol. The maximum atomic E-state index is 9.28. The number of benzene rings is 1. The van der Waals surface area contributed by atoms with Crippen LogP contribution in [0, 0.1) is 0 Å². The zero-order valence-corrected chi connectivity index (χ0v) is 11.7. The first-order chi connectivity index (χ1) is 9.06. The lowest BCUT2D eigenvalue weighted by Crippen LogP contribution is -2.31. The van der Waals surface area contributed by atoms with E-state index in [1.54, 1.807) is 12.1 Å². The van der Waals surface area contributed by atoms with E-state index in [-0.39, 0.29) is 0 Å². The normalized spacial score (nSPS) is 12.8. The van der Waals surface area contributed by atoms with Crippen LogP contribution < -0.4 is 0 Å². The van der Waals surface area contributed by atoms with Crippen molar-refractivity contribution in [2.45, 2.75) is 25.9 Å². The van der Waals surface area contributed by atoms with E-state index in [1.165, 1.54) is 5.56 Å². The highest BCUT2D eigenvalue weighted by Gasteiger charge is 2.12. The Kier molecular flexibility index (Phi) is 4.22. The number of rotatable bonds is 5. The molecule has 2 aromatic rings. The zero-order valence-electron chi connectivity index (χ0n) is 11.7. The van der Waals surface area contributed by atoms with Crippen molar-refractivity contribution in [1.29, 1.82) is 0 Å². The standard InChI is InChI=1S/C15H21N3O/c1-12(10-13-4-6-14(19)7-5-13)18(3)11-15-16-8-9-17(15)2/h4-9,12,19H,10-11H2,1-3H3. The Bertz CT molecular complexity index is 518. The zero-order chi connectivity index (χ0) is 13.8. The van der Waals surface area contributed by atoms with Crippen LogP contribution >= 0.6 is 0 Å². The number of imidazole rings is 1. The summed E-state index contributed by atoms with van der Waals surface area (Å²) in [6.45, 7) is 3.04. The second-order valence-corrected chi connectivity index (χ2v) is 5.09. The van der Waals surface area contributed by atoms with Crippen molar-refractivity contribution in [1.82, 2.24) is 14.5 Å². The molecule has 1 heterocycles. The van der Waals surface area contributed by atoms with Crippen LogP contribution in [0.15, 0.2) is 36.7 Å². The molecule has 1 unspecified atom stereocenters. The molecular weight excluding hydrogens is 238 g/mol. The van der Waals surface area contributed by atoms with Gasteiger partial charge in [0.15, 0.2) is 0 Å². The van der Waals surface area contributed by atoms with Crippen molar-refractivity contribution >= 4 is 0 Å². The van der Waals surface area contributed by atoms with E-state index >= 15 is 0 Å². The van der Waals surface area contributed by atoms with E-state index < -0.39 is 0 Å². The first-order valence-corrected chi connectivity index (χ1v) is 6.50. The molecule has 0 aliphatic carbocycles. The van der Waals surface area contributed by atoms with Gasteiger partial charge >= 0.3 is 0 Å². The summed E-state index contributed by atoms with van der Waals surface area (Å²) in [4.78, 5) is 6.63. The first kappa shape index (κ1) is 13.6. The number of aromatic nitrogens is 2. The summed E-state index contributed by atoms with van der Waals surface area (Å²) in [6, 6.07) is 7.84. The van der Waals surface area contributed by atoms with E-state index in [1.807, 2.05) is 36.1 Å². The Labute approximate surface area is 114 Å². The van der Waals surface area contributed by atoms with Gasteiger partial charge in [0.1, 0.15) is 11.6 Å². The number of aryl methyl sites for hydroxylation is 1.